The highest BCUT2D eigenvalue weighted by Crippen LogP contribution is 2.21. The van der Waals surface area contributed by atoms with Gasteiger partial charge < -0.3 is 10.1 Å². The van der Waals surface area contributed by atoms with Crippen LogP contribution in [0.15, 0.2) is 46.9 Å². The van der Waals surface area contributed by atoms with Crippen molar-refractivity contribution in [1.82, 2.24) is 0 Å². The molecule has 0 aliphatic heterocycles. The number of carbonyl (C=O) groups is 1. The van der Waals surface area contributed by atoms with Gasteiger partial charge in [0, 0.05) is 22.3 Å². The molecule has 0 bridgehead atoms. The number of hydrogen-bond donors (Lipinski definition) is 1. The van der Waals surface area contributed by atoms with Crippen LogP contribution in [0, 0.1) is 17.0 Å². The number of hydrogen-bond acceptors (Lipinski definition) is 4. The Kier molecular flexibility index (Phi) is 5.11. The fourth-order valence-corrected chi connectivity index (χ4v) is 2.03. The zero-order valence-corrected chi connectivity index (χ0v) is 13.3. The van der Waals surface area contributed by atoms with Crippen molar-refractivity contribution in [2.45, 2.75) is 6.92 Å². The number of halogens is 1. The van der Waals surface area contributed by atoms with Crippen molar-refractivity contribution >= 4 is 33.2 Å². The molecule has 6 nitrogen and oxygen atoms in total. The van der Waals surface area contributed by atoms with E-state index in [0.717, 1.165) is 4.47 Å². The molecule has 0 saturated heterocycles. The van der Waals surface area contributed by atoms with Crippen molar-refractivity contribution in [3.8, 4) is 5.75 Å². The summed E-state index contributed by atoms with van der Waals surface area (Å²) in [6.45, 7) is 1.55. The standard InChI is InChI=1S/C15H13BrN2O4/c1-10-8-12(18(20)21)4-7-14(10)17-15(19)9-22-13-5-2-11(16)3-6-13/h2-8H,9H2,1H3,(H,17,19). The van der Waals surface area contributed by atoms with Crippen molar-refractivity contribution in [2.24, 2.45) is 0 Å². The molecule has 0 saturated carbocycles. The summed E-state index contributed by atoms with van der Waals surface area (Å²) >= 11 is 3.31. The first kappa shape index (κ1) is 16.0. The maximum absolute atomic E-state index is 11.8. The number of ether oxygens (including phenoxy) is 1. The van der Waals surface area contributed by atoms with Crippen LogP contribution in [0.2, 0.25) is 0 Å². The molecule has 1 amide bonds. The predicted octanol–water partition coefficient (Wildman–Crippen LogP) is 3.68. The Bertz CT molecular complexity index is 701. The molecule has 1 N–H and O–H groups in total. The summed E-state index contributed by atoms with van der Waals surface area (Å²) in [5.74, 6) is 0.249. The van der Waals surface area contributed by atoms with Crippen molar-refractivity contribution in [1.29, 1.82) is 0 Å². The van der Waals surface area contributed by atoms with E-state index < -0.39 is 4.92 Å². The third-order valence-electron chi connectivity index (χ3n) is 2.88. The summed E-state index contributed by atoms with van der Waals surface area (Å²) in [7, 11) is 0. The largest absolute Gasteiger partial charge is 0.484 e. The average Bonchev–Trinajstić information content (AvgIpc) is 2.48. The lowest BCUT2D eigenvalue weighted by Gasteiger charge is -2.09. The summed E-state index contributed by atoms with van der Waals surface area (Å²) in [6.07, 6.45) is 0. The molecule has 0 aliphatic rings. The first-order chi connectivity index (χ1) is 10.5. The molecular formula is C15H13BrN2O4. The van der Waals surface area contributed by atoms with E-state index >= 15 is 0 Å². The molecule has 0 aromatic heterocycles. The fourth-order valence-electron chi connectivity index (χ4n) is 1.77. The third-order valence-corrected chi connectivity index (χ3v) is 3.41. The zero-order chi connectivity index (χ0) is 16.1. The van der Waals surface area contributed by atoms with E-state index in [1.165, 1.54) is 18.2 Å². The second-order valence-electron chi connectivity index (χ2n) is 4.55. The van der Waals surface area contributed by atoms with Crippen molar-refractivity contribution in [2.75, 3.05) is 11.9 Å². The van der Waals surface area contributed by atoms with Crippen molar-refractivity contribution in [3.05, 3.63) is 62.6 Å². The first-order valence-corrected chi connectivity index (χ1v) is 7.18. The highest BCUT2D eigenvalue weighted by atomic mass is 79.9. The molecule has 2 rings (SSSR count). The number of carbonyl (C=O) groups excluding carboxylic acids is 1. The minimum atomic E-state index is -0.477. The highest BCUT2D eigenvalue weighted by molar-refractivity contribution is 9.10. The van der Waals surface area contributed by atoms with Gasteiger partial charge in [0.05, 0.1) is 4.92 Å². The van der Waals surface area contributed by atoms with Gasteiger partial charge in [-0.25, -0.2) is 0 Å². The summed E-state index contributed by atoms with van der Waals surface area (Å²) < 4.78 is 6.28. The molecule has 2 aromatic carbocycles. The minimum absolute atomic E-state index is 0.0124. The van der Waals surface area contributed by atoms with Gasteiger partial charge in [-0.2, -0.15) is 0 Å². The number of nitro groups is 1. The van der Waals surface area contributed by atoms with E-state index in [2.05, 4.69) is 21.2 Å². The Labute approximate surface area is 135 Å². The Balaban J connectivity index is 1.94. The van der Waals surface area contributed by atoms with Crippen LogP contribution in [0.3, 0.4) is 0 Å². The molecule has 0 radical (unpaired) electrons. The van der Waals surface area contributed by atoms with E-state index in [1.807, 2.05) is 12.1 Å². The van der Waals surface area contributed by atoms with Crippen LogP contribution in [0.5, 0.6) is 5.75 Å². The van der Waals surface area contributed by atoms with Crippen molar-refractivity contribution in [3.63, 3.8) is 0 Å². The second-order valence-corrected chi connectivity index (χ2v) is 5.46. The summed E-state index contributed by atoms with van der Waals surface area (Å²) in [4.78, 5) is 22.0. The van der Waals surface area contributed by atoms with Gasteiger partial charge in [0.1, 0.15) is 5.75 Å². The maximum atomic E-state index is 11.8. The molecule has 7 heteroatoms. The monoisotopic (exact) mass is 364 g/mol. The molecule has 22 heavy (non-hydrogen) atoms. The van der Waals surface area contributed by atoms with E-state index in [9.17, 15) is 14.9 Å². The van der Waals surface area contributed by atoms with Crippen LogP contribution in [0.1, 0.15) is 5.56 Å². The quantitative estimate of drug-likeness (QED) is 0.647. The average molecular weight is 365 g/mol. The Morgan fingerprint density at radius 2 is 1.95 bits per heavy atom. The number of aryl methyl sites for hydroxylation is 1. The smallest absolute Gasteiger partial charge is 0.269 e. The molecule has 0 aliphatic carbocycles. The Hall–Kier alpha value is -2.41. The van der Waals surface area contributed by atoms with Gasteiger partial charge in [-0.05, 0) is 42.8 Å². The number of non-ortho nitro benzene ring substituents is 1. The summed E-state index contributed by atoms with van der Waals surface area (Å²) in [5.41, 5.74) is 1.13. The van der Waals surface area contributed by atoms with Gasteiger partial charge in [-0.1, -0.05) is 15.9 Å². The highest BCUT2D eigenvalue weighted by Gasteiger charge is 2.10. The van der Waals surface area contributed by atoms with E-state index in [1.54, 1.807) is 19.1 Å². The van der Waals surface area contributed by atoms with Crippen LogP contribution in [0.25, 0.3) is 0 Å². The van der Waals surface area contributed by atoms with Gasteiger partial charge in [0.15, 0.2) is 6.61 Å². The van der Waals surface area contributed by atoms with E-state index in [0.29, 0.717) is 17.0 Å². The number of benzene rings is 2. The SMILES string of the molecule is Cc1cc([N+](=O)[O-])ccc1NC(=O)COc1ccc(Br)cc1. The molecule has 0 fully saturated rings. The van der Waals surface area contributed by atoms with Crippen LogP contribution >= 0.6 is 15.9 Å². The normalized spacial score (nSPS) is 10.1. The van der Waals surface area contributed by atoms with E-state index in [4.69, 9.17) is 4.74 Å². The van der Waals surface area contributed by atoms with Crippen molar-refractivity contribution < 1.29 is 14.5 Å². The fraction of sp³-hybridized carbons (Fsp3) is 0.133. The third kappa shape index (κ3) is 4.29. The maximum Gasteiger partial charge on any atom is 0.269 e. The summed E-state index contributed by atoms with van der Waals surface area (Å²) in [6, 6.07) is 11.4. The second kappa shape index (κ2) is 7.04. The lowest BCUT2D eigenvalue weighted by molar-refractivity contribution is -0.384. The van der Waals surface area contributed by atoms with Gasteiger partial charge in [-0.15, -0.1) is 0 Å². The summed E-state index contributed by atoms with van der Waals surface area (Å²) in [5, 5.41) is 13.3. The van der Waals surface area contributed by atoms with Gasteiger partial charge in [-0.3, -0.25) is 14.9 Å². The number of nitrogens with one attached hydrogen (secondary N) is 1. The molecule has 114 valence electrons. The Morgan fingerprint density at radius 3 is 2.55 bits per heavy atom. The first-order valence-electron chi connectivity index (χ1n) is 6.39. The van der Waals surface area contributed by atoms with Crippen LogP contribution < -0.4 is 10.1 Å². The van der Waals surface area contributed by atoms with Gasteiger partial charge >= 0.3 is 0 Å². The minimum Gasteiger partial charge on any atom is -0.484 e. The molecular weight excluding hydrogens is 352 g/mol. The number of rotatable bonds is 5. The molecule has 2 aromatic rings. The van der Waals surface area contributed by atoms with E-state index in [-0.39, 0.29) is 18.2 Å². The van der Waals surface area contributed by atoms with Gasteiger partial charge in [0.25, 0.3) is 11.6 Å². The molecule has 0 heterocycles. The van der Waals surface area contributed by atoms with Gasteiger partial charge in [0.2, 0.25) is 0 Å². The topological polar surface area (TPSA) is 81.5 Å². The predicted molar refractivity (Wildman–Crippen MR) is 86.1 cm³/mol. The number of amides is 1. The molecule has 0 unspecified atom stereocenters. The number of nitro benzene ring substituents is 1. The lowest BCUT2D eigenvalue weighted by Crippen LogP contribution is -2.20. The Morgan fingerprint density at radius 1 is 1.27 bits per heavy atom. The zero-order valence-electron chi connectivity index (χ0n) is 11.7. The lowest BCUT2D eigenvalue weighted by atomic mass is 10.2. The molecule has 0 spiro atoms. The van der Waals surface area contributed by atoms with Crippen LogP contribution in [-0.2, 0) is 4.79 Å². The molecule has 0 atom stereocenters. The number of anilines is 1. The van der Waals surface area contributed by atoms with Crippen LogP contribution in [-0.4, -0.2) is 17.4 Å². The van der Waals surface area contributed by atoms with Crippen LogP contribution in [0.4, 0.5) is 11.4 Å². The number of nitrogens with zero attached hydrogens (tertiary/aromatic N) is 1.